The minimum atomic E-state index is -0.473. The molecule has 0 atom stereocenters. The molecule has 7 nitrogen and oxygen atoms in total. The van der Waals surface area contributed by atoms with Crippen molar-refractivity contribution < 1.29 is 14.3 Å². The zero-order valence-electron chi connectivity index (χ0n) is 13.7. The molecule has 0 radical (unpaired) electrons. The second-order valence-corrected chi connectivity index (χ2v) is 6.21. The fraction of sp³-hybridized carbons (Fsp3) is 0.667. The van der Waals surface area contributed by atoms with Gasteiger partial charge < -0.3 is 19.3 Å². The van der Waals surface area contributed by atoms with Crippen molar-refractivity contribution in [1.82, 2.24) is 14.9 Å². The maximum Gasteiger partial charge on any atom is 0.410 e. The van der Waals surface area contributed by atoms with Gasteiger partial charge in [0, 0.05) is 38.4 Å². The minimum absolute atomic E-state index is 0.263. The Labute approximate surface area is 131 Å². The van der Waals surface area contributed by atoms with Gasteiger partial charge in [-0.25, -0.2) is 9.78 Å². The number of carbonyl (C=O) groups is 1. The molecule has 2 rings (SSSR count). The minimum Gasteiger partial charge on any atom is -0.481 e. The predicted molar refractivity (Wildman–Crippen MR) is 83.2 cm³/mol. The molecule has 22 heavy (non-hydrogen) atoms. The largest absolute Gasteiger partial charge is 0.481 e. The molecule has 2 heterocycles. The summed E-state index contributed by atoms with van der Waals surface area (Å²) in [6, 6.07) is 1.72. The molecule has 0 bridgehead atoms. The van der Waals surface area contributed by atoms with Gasteiger partial charge in [0.25, 0.3) is 0 Å². The van der Waals surface area contributed by atoms with E-state index in [1.165, 1.54) is 0 Å². The first-order valence-electron chi connectivity index (χ1n) is 7.49. The van der Waals surface area contributed by atoms with Gasteiger partial charge in [0.15, 0.2) is 0 Å². The lowest BCUT2D eigenvalue weighted by Gasteiger charge is -2.26. The summed E-state index contributed by atoms with van der Waals surface area (Å²) in [5, 5.41) is 0. The molecule has 0 saturated carbocycles. The van der Waals surface area contributed by atoms with E-state index in [-0.39, 0.29) is 6.09 Å². The van der Waals surface area contributed by atoms with E-state index in [1.807, 2.05) is 20.8 Å². The zero-order chi connectivity index (χ0) is 16.2. The van der Waals surface area contributed by atoms with Crippen LogP contribution in [-0.2, 0) is 4.74 Å². The van der Waals surface area contributed by atoms with Gasteiger partial charge in [-0.15, -0.1) is 0 Å². The third-order valence-corrected chi connectivity index (χ3v) is 3.26. The molecule has 1 fully saturated rings. The quantitative estimate of drug-likeness (QED) is 0.831. The SMILES string of the molecule is COc1ccnc(N2CCCN(C(=O)OC(C)(C)C)CC2)n1. The molecular weight excluding hydrogens is 284 g/mol. The number of amides is 1. The van der Waals surface area contributed by atoms with Crippen LogP contribution in [0.15, 0.2) is 12.3 Å². The second kappa shape index (κ2) is 6.81. The fourth-order valence-corrected chi connectivity index (χ4v) is 2.22. The van der Waals surface area contributed by atoms with E-state index in [2.05, 4.69) is 14.9 Å². The second-order valence-electron chi connectivity index (χ2n) is 6.21. The third-order valence-electron chi connectivity index (χ3n) is 3.26. The molecule has 1 aliphatic heterocycles. The summed E-state index contributed by atoms with van der Waals surface area (Å²) in [6.07, 6.45) is 2.26. The molecule has 1 saturated heterocycles. The van der Waals surface area contributed by atoms with Gasteiger partial charge in [-0.05, 0) is 27.2 Å². The Kier molecular flexibility index (Phi) is 5.05. The Morgan fingerprint density at radius 1 is 1.23 bits per heavy atom. The zero-order valence-corrected chi connectivity index (χ0v) is 13.7. The van der Waals surface area contributed by atoms with E-state index in [1.54, 1.807) is 24.3 Å². The van der Waals surface area contributed by atoms with Crippen molar-refractivity contribution in [2.24, 2.45) is 0 Å². The number of hydrogen-bond acceptors (Lipinski definition) is 6. The number of aromatic nitrogens is 2. The van der Waals surface area contributed by atoms with Crippen LogP contribution >= 0.6 is 0 Å². The normalized spacial score (nSPS) is 16.2. The summed E-state index contributed by atoms with van der Waals surface area (Å²) < 4.78 is 10.6. The maximum absolute atomic E-state index is 12.1. The maximum atomic E-state index is 12.1. The Balaban J connectivity index is 1.98. The molecular formula is C15H24N4O3. The van der Waals surface area contributed by atoms with Crippen LogP contribution in [0.2, 0.25) is 0 Å². The first kappa shape index (κ1) is 16.3. The summed E-state index contributed by atoms with van der Waals surface area (Å²) in [5.41, 5.74) is -0.473. The van der Waals surface area contributed by atoms with Crippen LogP contribution in [-0.4, -0.2) is 59.9 Å². The van der Waals surface area contributed by atoms with Crippen molar-refractivity contribution in [1.29, 1.82) is 0 Å². The molecule has 122 valence electrons. The number of carbonyl (C=O) groups excluding carboxylic acids is 1. The lowest BCUT2D eigenvalue weighted by molar-refractivity contribution is 0.0263. The smallest absolute Gasteiger partial charge is 0.410 e. The highest BCUT2D eigenvalue weighted by Crippen LogP contribution is 2.16. The molecule has 7 heteroatoms. The summed E-state index contributed by atoms with van der Waals surface area (Å²) in [7, 11) is 1.58. The molecule has 0 N–H and O–H groups in total. The van der Waals surface area contributed by atoms with Crippen molar-refractivity contribution in [3.63, 3.8) is 0 Å². The first-order valence-corrected chi connectivity index (χ1v) is 7.49. The predicted octanol–water partition coefficient (Wildman–Crippen LogP) is 1.93. The number of ether oxygens (including phenoxy) is 2. The van der Waals surface area contributed by atoms with Crippen LogP contribution in [0.1, 0.15) is 27.2 Å². The van der Waals surface area contributed by atoms with E-state index in [0.717, 1.165) is 13.0 Å². The number of nitrogens with zero attached hydrogens (tertiary/aromatic N) is 4. The number of methoxy groups -OCH3 is 1. The standard InChI is InChI=1S/C15H24N4O3/c1-15(2,3)22-14(20)19-9-5-8-18(10-11-19)13-16-7-6-12(17-13)21-4/h6-7H,5,8-11H2,1-4H3. The molecule has 0 aromatic carbocycles. The van der Waals surface area contributed by atoms with E-state index >= 15 is 0 Å². The van der Waals surface area contributed by atoms with Crippen molar-refractivity contribution in [3.05, 3.63) is 12.3 Å². The van der Waals surface area contributed by atoms with Crippen LogP contribution in [0.3, 0.4) is 0 Å². The molecule has 1 aromatic heterocycles. The molecule has 1 aliphatic rings. The molecule has 0 spiro atoms. The van der Waals surface area contributed by atoms with Crippen molar-refractivity contribution in [3.8, 4) is 5.88 Å². The summed E-state index contributed by atoms with van der Waals surface area (Å²) >= 11 is 0. The van der Waals surface area contributed by atoms with Gasteiger partial charge in [-0.3, -0.25) is 0 Å². The van der Waals surface area contributed by atoms with Crippen molar-refractivity contribution >= 4 is 12.0 Å². The van der Waals surface area contributed by atoms with E-state index < -0.39 is 5.60 Å². The highest BCUT2D eigenvalue weighted by atomic mass is 16.6. The van der Waals surface area contributed by atoms with E-state index in [9.17, 15) is 4.79 Å². The van der Waals surface area contributed by atoms with E-state index in [0.29, 0.717) is 31.5 Å². The van der Waals surface area contributed by atoms with Gasteiger partial charge in [-0.2, -0.15) is 4.98 Å². The van der Waals surface area contributed by atoms with Crippen LogP contribution in [0, 0.1) is 0 Å². The van der Waals surface area contributed by atoms with E-state index in [4.69, 9.17) is 9.47 Å². The lowest BCUT2D eigenvalue weighted by Crippen LogP contribution is -2.39. The molecule has 0 aliphatic carbocycles. The van der Waals surface area contributed by atoms with Crippen molar-refractivity contribution in [2.45, 2.75) is 32.8 Å². The number of anilines is 1. The molecule has 1 aromatic rings. The Hall–Kier alpha value is -2.05. The average molecular weight is 308 g/mol. The van der Waals surface area contributed by atoms with Crippen LogP contribution in [0.25, 0.3) is 0 Å². The highest BCUT2D eigenvalue weighted by molar-refractivity contribution is 5.68. The Morgan fingerprint density at radius 2 is 2.00 bits per heavy atom. The van der Waals surface area contributed by atoms with Crippen LogP contribution < -0.4 is 9.64 Å². The first-order chi connectivity index (χ1) is 10.4. The summed E-state index contributed by atoms with van der Waals surface area (Å²) in [5.74, 6) is 1.17. The van der Waals surface area contributed by atoms with Crippen molar-refractivity contribution in [2.75, 3.05) is 38.2 Å². The average Bonchev–Trinajstić information content (AvgIpc) is 2.71. The fourth-order valence-electron chi connectivity index (χ4n) is 2.22. The van der Waals surface area contributed by atoms with Crippen LogP contribution in [0.4, 0.5) is 10.7 Å². The van der Waals surface area contributed by atoms with Gasteiger partial charge >= 0.3 is 6.09 Å². The highest BCUT2D eigenvalue weighted by Gasteiger charge is 2.25. The van der Waals surface area contributed by atoms with Crippen LogP contribution in [0.5, 0.6) is 5.88 Å². The molecule has 1 amide bonds. The lowest BCUT2D eigenvalue weighted by atomic mass is 10.2. The summed E-state index contributed by atoms with van der Waals surface area (Å²) in [4.78, 5) is 24.6. The van der Waals surface area contributed by atoms with Gasteiger partial charge in [0.2, 0.25) is 11.8 Å². The Bertz CT molecular complexity index is 516. The van der Waals surface area contributed by atoms with Gasteiger partial charge in [0.05, 0.1) is 7.11 Å². The van der Waals surface area contributed by atoms with Gasteiger partial charge in [-0.1, -0.05) is 0 Å². The monoisotopic (exact) mass is 308 g/mol. The molecule has 0 unspecified atom stereocenters. The topological polar surface area (TPSA) is 67.8 Å². The number of rotatable bonds is 2. The number of hydrogen-bond donors (Lipinski definition) is 0. The van der Waals surface area contributed by atoms with Gasteiger partial charge in [0.1, 0.15) is 5.60 Å². The Morgan fingerprint density at radius 3 is 2.68 bits per heavy atom. The third kappa shape index (κ3) is 4.47. The summed E-state index contributed by atoms with van der Waals surface area (Å²) in [6.45, 7) is 8.36.